The van der Waals surface area contributed by atoms with Crippen LogP contribution in [0.1, 0.15) is 83.4 Å². The lowest BCUT2D eigenvalue weighted by Crippen LogP contribution is -2.52. The lowest BCUT2D eigenvalue weighted by Gasteiger charge is -2.39. The number of hydrogen-bond donors (Lipinski definition) is 4. The van der Waals surface area contributed by atoms with E-state index in [9.17, 15) is 24.0 Å². The summed E-state index contributed by atoms with van der Waals surface area (Å²) in [5.41, 5.74) is 4.46. The van der Waals surface area contributed by atoms with Gasteiger partial charge in [-0.3, -0.25) is 29.3 Å². The normalized spacial score (nSPS) is 26.7. The van der Waals surface area contributed by atoms with Crippen LogP contribution in [-0.2, 0) is 26.3 Å². The number of likely N-dealkylation sites (tertiary alicyclic amines) is 1. The molecule has 0 aromatic heterocycles. The van der Waals surface area contributed by atoms with Crippen molar-refractivity contribution in [3.05, 3.63) is 116 Å². The van der Waals surface area contributed by atoms with Gasteiger partial charge >= 0.3 is 0 Å². The molecule has 0 saturated carbocycles. The molecule has 5 amide bonds. The molecule has 0 radical (unpaired) electrons. The Bertz CT molecular complexity index is 2700. The Balaban J connectivity index is 0.843. The first-order chi connectivity index (χ1) is 31.5. The maximum atomic E-state index is 16.3. The minimum Gasteiger partial charge on any atom is -0.495 e. The van der Waals surface area contributed by atoms with Crippen LogP contribution in [-0.4, -0.2) is 97.3 Å². The number of imide groups is 1. The Morgan fingerprint density at radius 2 is 1.73 bits per heavy atom. The maximum absolute atomic E-state index is 16.3. The third kappa shape index (κ3) is 7.54. The van der Waals surface area contributed by atoms with Crippen molar-refractivity contribution in [3.63, 3.8) is 0 Å². The summed E-state index contributed by atoms with van der Waals surface area (Å²) in [6.45, 7) is 9.83. The summed E-state index contributed by atoms with van der Waals surface area (Å²) in [7, 11) is 1.49. The number of hydrogen-bond acceptors (Lipinski definition) is 9. The molecule has 13 nitrogen and oxygen atoms in total. The number of anilines is 3. The summed E-state index contributed by atoms with van der Waals surface area (Å²) < 4.78 is 22.1. The van der Waals surface area contributed by atoms with Gasteiger partial charge in [0.1, 0.15) is 17.6 Å². The number of nitrogens with one attached hydrogen (secondary N) is 4. The highest BCUT2D eigenvalue weighted by molar-refractivity contribution is 6.31. The molecule has 6 aliphatic rings. The molecular formula is C50H52Cl2FN7O6. The number of nitrogens with zero attached hydrogens (tertiary/aromatic N) is 3. The molecule has 6 heterocycles. The molecule has 4 fully saturated rings. The number of halogens is 3. The van der Waals surface area contributed by atoms with Crippen molar-refractivity contribution in [2.75, 3.05) is 55.4 Å². The average Bonchev–Trinajstić information content (AvgIpc) is 4.09. The van der Waals surface area contributed by atoms with Crippen molar-refractivity contribution in [2.24, 2.45) is 17.3 Å². The van der Waals surface area contributed by atoms with Crippen molar-refractivity contribution in [1.82, 2.24) is 20.4 Å². The second kappa shape index (κ2) is 16.6. The van der Waals surface area contributed by atoms with Gasteiger partial charge in [-0.05, 0) is 89.5 Å². The van der Waals surface area contributed by atoms with Gasteiger partial charge in [0.15, 0.2) is 0 Å². The van der Waals surface area contributed by atoms with Gasteiger partial charge in [-0.15, -0.1) is 0 Å². The highest BCUT2D eigenvalue weighted by atomic mass is 35.5. The molecule has 7 atom stereocenters. The van der Waals surface area contributed by atoms with Gasteiger partial charge in [0.25, 0.3) is 11.8 Å². The lowest BCUT2D eigenvalue weighted by molar-refractivity contribution is -0.137. The van der Waals surface area contributed by atoms with Crippen molar-refractivity contribution in [1.29, 1.82) is 0 Å². The molecule has 16 heteroatoms. The Morgan fingerprint density at radius 3 is 2.45 bits per heavy atom. The van der Waals surface area contributed by atoms with Crippen LogP contribution in [0.25, 0.3) is 0 Å². The molecule has 0 bridgehead atoms. The smallest absolute Gasteiger partial charge is 0.255 e. The van der Waals surface area contributed by atoms with Crippen LogP contribution in [0.4, 0.5) is 21.5 Å². The number of carbonyl (C=O) groups excluding carboxylic acids is 5. The topological polar surface area (TPSA) is 152 Å². The molecule has 3 unspecified atom stereocenters. The van der Waals surface area contributed by atoms with E-state index in [0.717, 1.165) is 35.6 Å². The number of benzene rings is 4. The van der Waals surface area contributed by atoms with E-state index in [-0.39, 0.29) is 58.4 Å². The summed E-state index contributed by atoms with van der Waals surface area (Å²) in [5.74, 6) is -1.92. The molecule has 6 aliphatic heterocycles. The predicted octanol–water partition coefficient (Wildman–Crippen LogP) is 6.97. The van der Waals surface area contributed by atoms with Crippen molar-refractivity contribution >= 4 is 69.8 Å². The van der Waals surface area contributed by atoms with Crippen molar-refractivity contribution < 1.29 is 33.1 Å². The summed E-state index contributed by atoms with van der Waals surface area (Å²) in [6, 6.07) is 19.7. The van der Waals surface area contributed by atoms with E-state index >= 15 is 4.39 Å². The van der Waals surface area contributed by atoms with Crippen LogP contribution < -0.4 is 30.9 Å². The fourth-order valence-electron chi connectivity index (χ4n) is 11.7. The molecule has 1 spiro atoms. The van der Waals surface area contributed by atoms with E-state index in [1.165, 1.54) is 13.2 Å². The van der Waals surface area contributed by atoms with Gasteiger partial charge in [0.2, 0.25) is 17.7 Å². The zero-order chi connectivity index (χ0) is 46.4. The molecule has 344 valence electrons. The molecule has 10 rings (SSSR count). The summed E-state index contributed by atoms with van der Waals surface area (Å²) in [6.07, 6.45) is 1.20. The predicted molar refractivity (Wildman–Crippen MR) is 250 cm³/mol. The van der Waals surface area contributed by atoms with Gasteiger partial charge in [-0.1, -0.05) is 62.2 Å². The van der Waals surface area contributed by atoms with Crippen LogP contribution in [0.3, 0.4) is 0 Å². The van der Waals surface area contributed by atoms with Gasteiger partial charge < -0.3 is 35.4 Å². The quantitative estimate of drug-likeness (QED) is 0.137. The van der Waals surface area contributed by atoms with Crippen LogP contribution in [0.5, 0.6) is 5.75 Å². The largest absolute Gasteiger partial charge is 0.495 e. The van der Waals surface area contributed by atoms with Crippen LogP contribution in [0, 0.1) is 23.1 Å². The number of carbonyl (C=O) groups is 5. The van der Waals surface area contributed by atoms with E-state index in [1.807, 2.05) is 41.3 Å². The summed E-state index contributed by atoms with van der Waals surface area (Å²) in [5, 5.41) is 13.2. The molecule has 4 N–H and O–H groups in total. The molecular weight excluding hydrogens is 884 g/mol. The fourth-order valence-corrected chi connectivity index (χ4v) is 12.1. The van der Waals surface area contributed by atoms with Crippen molar-refractivity contribution in [2.45, 2.75) is 76.0 Å². The molecule has 4 saturated heterocycles. The highest BCUT2D eigenvalue weighted by Gasteiger charge is 2.62. The zero-order valence-corrected chi connectivity index (χ0v) is 38.7. The van der Waals surface area contributed by atoms with E-state index in [0.29, 0.717) is 72.2 Å². The minimum absolute atomic E-state index is 0.0244. The molecule has 0 aliphatic carbocycles. The first kappa shape index (κ1) is 44.2. The molecule has 4 aromatic rings. The fraction of sp³-hybridized carbons (Fsp3) is 0.420. The summed E-state index contributed by atoms with van der Waals surface area (Å²) in [4.78, 5) is 72.1. The second-order valence-electron chi connectivity index (χ2n) is 19.9. The highest BCUT2D eigenvalue weighted by Crippen LogP contribution is 2.57. The Morgan fingerprint density at radius 1 is 0.955 bits per heavy atom. The SMILES string of the molecule is COc1cc(C(=O)N2CC3CN(c4ccc5c(c4)CN(C4CCC(=O)NC4=O)C5=O)CC3C2)ccc1NC(=O)[C@@H]1N[C@@H](CC(C)(C)C)[C@@]2(CNc3cc(Cl)ccc32)[C@H]1c1cccc(Cl)c1F. The number of rotatable bonds is 8. The minimum atomic E-state index is -0.893. The number of amides is 5. The second-order valence-corrected chi connectivity index (χ2v) is 20.8. The standard InChI is InChI=1S/C50H52Cl2FN7O6/c1-49(2,3)19-40-50(25-54-37-18-30(51)9-12-34(37)50)42(33-6-5-7-35(52)43(33)53)44(56-40)46(63)55-36-13-8-26(17-39(36)66-4)47(64)59-22-28-20-58(21-29(28)23-59)31-10-11-32-27(16-31)24-60(48(32)65)38-14-15-41(61)57-45(38)62/h5-13,16-18,28-29,38,40,42,44,54,56H,14-15,19-25H2,1-4H3,(H,55,63)(H,57,61,62)/t28?,29?,38?,40-,42-,44+,50-/m0/s1. The maximum Gasteiger partial charge on any atom is 0.255 e. The van der Waals surface area contributed by atoms with Crippen LogP contribution in [0.2, 0.25) is 10.0 Å². The molecule has 4 aromatic carbocycles. The lowest BCUT2D eigenvalue weighted by atomic mass is 9.63. The van der Waals surface area contributed by atoms with Crippen LogP contribution in [0.15, 0.2) is 72.8 Å². The number of methoxy groups -OCH3 is 1. The van der Waals surface area contributed by atoms with E-state index < -0.39 is 35.1 Å². The van der Waals surface area contributed by atoms with Crippen molar-refractivity contribution in [3.8, 4) is 5.75 Å². The van der Waals surface area contributed by atoms with E-state index in [1.54, 1.807) is 35.2 Å². The van der Waals surface area contributed by atoms with Crippen LogP contribution >= 0.6 is 23.2 Å². The third-order valence-corrected chi connectivity index (χ3v) is 15.2. The Kier molecular flexibility index (Phi) is 11.1. The first-order valence-electron chi connectivity index (χ1n) is 22.6. The Hall–Kier alpha value is -5.70. The monoisotopic (exact) mass is 935 g/mol. The summed E-state index contributed by atoms with van der Waals surface area (Å²) >= 11 is 12.9. The van der Waals surface area contributed by atoms with Gasteiger partial charge in [-0.2, -0.15) is 0 Å². The number of ether oxygens (including phenoxy) is 1. The number of piperidine rings is 1. The Labute approximate surface area is 392 Å². The average molecular weight is 937 g/mol. The zero-order valence-electron chi connectivity index (χ0n) is 37.2. The van der Waals surface area contributed by atoms with Gasteiger partial charge in [-0.25, -0.2) is 4.39 Å². The van der Waals surface area contributed by atoms with E-state index in [4.69, 9.17) is 27.9 Å². The molecule has 66 heavy (non-hydrogen) atoms. The first-order valence-corrected chi connectivity index (χ1v) is 23.3. The third-order valence-electron chi connectivity index (χ3n) is 14.7. The van der Waals surface area contributed by atoms with E-state index in [2.05, 4.69) is 46.9 Å². The van der Waals surface area contributed by atoms with Gasteiger partial charge in [0.05, 0.1) is 23.9 Å². The number of fused-ring (bicyclic) bond motifs is 4. The van der Waals surface area contributed by atoms with Gasteiger partial charge in [0, 0.05) is 102 Å².